The number of Topliss-reactive ketones (excluding diaryl/α,β-unsaturated/α-hetero) is 2. The summed E-state index contributed by atoms with van der Waals surface area (Å²) in [7, 11) is 0. The highest BCUT2D eigenvalue weighted by atomic mass is 16.3. The molecular formula is C22H23NO7. The van der Waals surface area contributed by atoms with Crippen LogP contribution in [0, 0.1) is 11.8 Å². The maximum absolute atomic E-state index is 13.3. The molecule has 1 aromatic rings. The minimum atomic E-state index is -2.53. The van der Waals surface area contributed by atoms with Gasteiger partial charge in [0, 0.05) is 17.9 Å². The van der Waals surface area contributed by atoms with Crippen LogP contribution in [0.15, 0.2) is 29.0 Å². The highest BCUT2D eigenvalue weighted by molar-refractivity contribution is 6.22. The Balaban J connectivity index is 1.95. The number of fused-ring (bicyclic) bond motifs is 3. The molecule has 1 fully saturated rings. The van der Waals surface area contributed by atoms with Gasteiger partial charge in [0.2, 0.25) is 5.78 Å². The molecule has 0 unspecified atom stereocenters. The van der Waals surface area contributed by atoms with Crippen molar-refractivity contribution in [3.05, 3.63) is 45.7 Å². The summed E-state index contributed by atoms with van der Waals surface area (Å²) in [5, 5.41) is 43.0. The first-order valence-electron chi connectivity index (χ1n) is 9.82. The molecule has 3 aliphatic carbocycles. The van der Waals surface area contributed by atoms with Crippen molar-refractivity contribution in [2.45, 2.75) is 44.6 Å². The summed E-state index contributed by atoms with van der Waals surface area (Å²) < 4.78 is 0. The smallest absolute Gasteiger partial charge is 0.255 e. The summed E-state index contributed by atoms with van der Waals surface area (Å²) in [5.74, 6) is -6.02. The molecule has 0 aliphatic heterocycles. The monoisotopic (exact) mass is 413 g/mol. The molecule has 4 rings (SSSR count). The van der Waals surface area contributed by atoms with E-state index in [0.717, 1.165) is 5.56 Å². The third-order valence-electron chi connectivity index (χ3n) is 6.61. The van der Waals surface area contributed by atoms with Crippen LogP contribution in [0.3, 0.4) is 0 Å². The predicted molar refractivity (Wildman–Crippen MR) is 105 cm³/mol. The molecule has 1 aromatic carbocycles. The van der Waals surface area contributed by atoms with Crippen molar-refractivity contribution in [1.29, 1.82) is 0 Å². The van der Waals surface area contributed by atoms with Crippen molar-refractivity contribution in [1.82, 2.24) is 0 Å². The summed E-state index contributed by atoms with van der Waals surface area (Å²) in [5.41, 5.74) is 3.49. The average molecular weight is 413 g/mol. The Kier molecular flexibility index (Phi) is 4.32. The van der Waals surface area contributed by atoms with E-state index in [1.807, 2.05) is 13.8 Å². The van der Waals surface area contributed by atoms with Crippen LogP contribution in [0.5, 0.6) is 5.75 Å². The van der Waals surface area contributed by atoms with Gasteiger partial charge in [-0.2, -0.15) is 0 Å². The van der Waals surface area contributed by atoms with E-state index in [9.17, 15) is 34.8 Å². The van der Waals surface area contributed by atoms with Gasteiger partial charge in [0.1, 0.15) is 22.8 Å². The number of phenolic OH excluding ortho intramolecular Hbond substituents is 1. The Morgan fingerprint density at radius 1 is 1.17 bits per heavy atom. The molecule has 30 heavy (non-hydrogen) atoms. The lowest BCUT2D eigenvalue weighted by Crippen LogP contribution is -2.58. The van der Waals surface area contributed by atoms with Gasteiger partial charge in [-0.3, -0.25) is 14.4 Å². The number of ketones is 2. The summed E-state index contributed by atoms with van der Waals surface area (Å²) in [6.07, 6.45) is 0.144. The number of carbonyl (C=O) groups excluding carboxylic acids is 3. The van der Waals surface area contributed by atoms with Crippen molar-refractivity contribution in [2.24, 2.45) is 17.6 Å². The Morgan fingerprint density at radius 3 is 2.43 bits per heavy atom. The maximum atomic E-state index is 13.3. The zero-order valence-electron chi connectivity index (χ0n) is 16.6. The summed E-state index contributed by atoms with van der Waals surface area (Å²) in [6.45, 7) is 3.95. The van der Waals surface area contributed by atoms with E-state index in [1.165, 1.54) is 6.07 Å². The largest absolute Gasteiger partial charge is 0.508 e. The van der Waals surface area contributed by atoms with Gasteiger partial charge in [0.05, 0.1) is 5.56 Å². The lowest BCUT2D eigenvalue weighted by atomic mass is 9.59. The molecule has 0 heterocycles. The van der Waals surface area contributed by atoms with E-state index in [2.05, 4.69) is 0 Å². The van der Waals surface area contributed by atoms with Crippen LogP contribution in [0.1, 0.15) is 49.3 Å². The lowest BCUT2D eigenvalue weighted by Gasteiger charge is -2.46. The zero-order chi connectivity index (χ0) is 22.1. The molecule has 0 radical (unpaired) electrons. The van der Waals surface area contributed by atoms with Gasteiger partial charge in [-0.1, -0.05) is 19.9 Å². The van der Waals surface area contributed by atoms with Gasteiger partial charge in [0.25, 0.3) is 5.91 Å². The third-order valence-corrected chi connectivity index (χ3v) is 6.61. The lowest BCUT2D eigenvalue weighted by molar-refractivity contribution is -0.147. The van der Waals surface area contributed by atoms with Gasteiger partial charge < -0.3 is 26.2 Å². The number of primary amides is 1. The molecule has 0 aromatic heterocycles. The number of rotatable bonds is 2. The number of aliphatic hydroxyl groups excluding tert-OH is 2. The SMILES string of the molecule is CC(C)c1ccc(O)c2c1C[C@H]1C[C@H]3CC(=O)C(C(N)=O)=C(O)[C@@]3(O)C(=O)C1=C2O. The molecule has 0 bridgehead atoms. The number of aliphatic hydroxyl groups is 3. The number of hydrogen-bond acceptors (Lipinski definition) is 7. The van der Waals surface area contributed by atoms with Crippen LogP contribution < -0.4 is 5.73 Å². The predicted octanol–water partition coefficient (Wildman–Crippen LogP) is 1.55. The fraction of sp³-hybridized carbons (Fsp3) is 0.409. The molecule has 8 heteroatoms. The van der Waals surface area contributed by atoms with Crippen molar-refractivity contribution in [3.63, 3.8) is 0 Å². The van der Waals surface area contributed by atoms with Crippen molar-refractivity contribution >= 4 is 23.2 Å². The van der Waals surface area contributed by atoms with Gasteiger partial charge in [-0.15, -0.1) is 0 Å². The van der Waals surface area contributed by atoms with Crippen LogP contribution in [0.25, 0.3) is 5.76 Å². The van der Waals surface area contributed by atoms with Gasteiger partial charge in [0.15, 0.2) is 11.4 Å². The van der Waals surface area contributed by atoms with Crippen LogP contribution >= 0.6 is 0 Å². The first-order chi connectivity index (χ1) is 14.0. The molecule has 1 saturated carbocycles. The Morgan fingerprint density at radius 2 is 1.83 bits per heavy atom. The van der Waals surface area contributed by atoms with Crippen molar-refractivity contribution < 1.29 is 34.8 Å². The van der Waals surface area contributed by atoms with Crippen molar-refractivity contribution in [3.8, 4) is 5.75 Å². The number of nitrogens with two attached hydrogens (primary N) is 1. The zero-order valence-corrected chi connectivity index (χ0v) is 16.6. The summed E-state index contributed by atoms with van der Waals surface area (Å²) >= 11 is 0. The van der Waals surface area contributed by atoms with Crippen LogP contribution in [0.2, 0.25) is 0 Å². The second-order valence-corrected chi connectivity index (χ2v) is 8.59. The van der Waals surface area contributed by atoms with E-state index < -0.39 is 52.0 Å². The minimum absolute atomic E-state index is 0.103. The summed E-state index contributed by atoms with van der Waals surface area (Å²) in [6, 6.07) is 3.22. The quantitative estimate of drug-likeness (QED) is 0.460. The van der Waals surface area contributed by atoms with E-state index >= 15 is 0 Å². The van der Waals surface area contributed by atoms with Crippen LogP contribution in [0.4, 0.5) is 0 Å². The van der Waals surface area contributed by atoms with Crippen LogP contribution in [-0.2, 0) is 20.8 Å². The van der Waals surface area contributed by atoms with E-state index in [0.29, 0.717) is 12.0 Å². The first-order valence-corrected chi connectivity index (χ1v) is 9.82. The summed E-state index contributed by atoms with van der Waals surface area (Å²) in [4.78, 5) is 37.3. The Hall–Kier alpha value is -3.13. The fourth-order valence-electron chi connectivity index (χ4n) is 5.19. The highest BCUT2D eigenvalue weighted by Gasteiger charge is 2.60. The van der Waals surface area contributed by atoms with Gasteiger partial charge in [-0.25, -0.2) is 0 Å². The highest BCUT2D eigenvalue weighted by Crippen LogP contribution is 2.52. The Labute approximate surface area is 172 Å². The van der Waals surface area contributed by atoms with E-state index in [1.54, 1.807) is 6.07 Å². The number of aromatic hydroxyl groups is 1. The molecule has 3 aliphatic rings. The fourth-order valence-corrected chi connectivity index (χ4v) is 5.19. The molecule has 3 atom stereocenters. The number of carbonyl (C=O) groups is 3. The van der Waals surface area contributed by atoms with Gasteiger partial charge in [-0.05, 0) is 41.9 Å². The number of hydrogen-bond donors (Lipinski definition) is 5. The second-order valence-electron chi connectivity index (χ2n) is 8.59. The molecule has 0 saturated heterocycles. The number of benzene rings is 1. The van der Waals surface area contributed by atoms with Crippen molar-refractivity contribution in [2.75, 3.05) is 0 Å². The minimum Gasteiger partial charge on any atom is -0.508 e. The molecular weight excluding hydrogens is 390 g/mol. The topological polar surface area (TPSA) is 158 Å². The standard InChI is InChI=1S/C22H23NO7/c1-8(2)11-3-4-13(24)16-12(11)6-9-5-10-7-14(25)17(21(23)29)20(28)22(10,30)19(27)15(9)18(16)26/h3-4,8-10,24,26,28,30H,5-7H2,1-2H3,(H2,23,29)/t9-,10+,22+/m1/s1. The maximum Gasteiger partial charge on any atom is 0.255 e. The number of phenols is 1. The average Bonchev–Trinajstić information content (AvgIpc) is 2.64. The Bertz CT molecular complexity index is 1080. The molecule has 1 amide bonds. The van der Waals surface area contributed by atoms with E-state index in [-0.39, 0.29) is 35.6 Å². The normalized spacial score (nSPS) is 28.4. The second kappa shape index (κ2) is 6.43. The van der Waals surface area contributed by atoms with Gasteiger partial charge >= 0.3 is 0 Å². The van der Waals surface area contributed by atoms with E-state index in [4.69, 9.17) is 5.73 Å². The third kappa shape index (κ3) is 2.46. The van der Waals surface area contributed by atoms with Crippen LogP contribution in [-0.4, -0.2) is 43.5 Å². The molecule has 8 nitrogen and oxygen atoms in total. The molecule has 158 valence electrons. The number of amides is 1. The molecule has 0 spiro atoms. The first kappa shape index (κ1) is 20.2. The molecule has 6 N–H and O–H groups in total.